The van der Waals surface area contributed by atoms with E-state index in [2.05, 4.69) is 13.2 Å². The first kappa shape index (κ1) is 23.6. The summed E-state index contributed by atoms with van der Waals surface area (Å²) in [4.78, 5) is 0. The minimum atomic E-state index is -2.78. The Hall–Kier alpha value is -0.406. The van der Waals surface area contributed by atoms with Gasteiger partial charge in [0.15, 0.2) is 0 Å². The normalized spacial score (nSPS) is 13.6. The summed E-state index contributed by atoms with van der Waals surface area (Å²) in [5, 5.41) is 0. The molecule has 0 saturated heterocycles. The minimum absolute atomic E-state index is 0.00945. The Bertz CT molecular complexity index is 331. The van der Waals surface area contributed by atoms with E-state index in [1.807, 2.05) is 5.70 Å². The van der Waals surface area contributed by atoms with E-state index in [0.717, 1.165) is 0 Å². The van der Waals surface area contributed by atoms with E-state index in [0.29, 0.717) is 0 Å². The van der Waals surface area contributed by atoms with Crippen LogP contribution in [0.3, 0.4) is 0 Å². The third-order valence-corrected chi connectivity index (χ3v) is 11.0. The molecule has 24 heavy (non-hydrogen) atoms. The Morgan fingerprint density at radius 2 is 1.08 bits per heavy atom. The first-order valence-electron chi connectivity index (χ1n) is 7.23. The third kappa shape index (κ3) is 6.15. The van der Waals surface area contributed by atoms with E-state index in [1.165, 1.54) is 42.7 Å². The largest absolute Gasteiger partial charge is 0.385 e. The molecule has 0 saturated carbocycles. The summed E-state index contributed by atoms with van der Waals surface area (Å²) < 4.78 is 43.5. The number of methoxy groups -OCH3 is 6. The Morgan fingerprint density at radius 1 is 0.750 bits per heavy atom. The summed E-state index contributed by atoms with van der Waals surface area (Å²) in [5.41, 5.74) is 3.52. The van der Waals surface area contributed by atoms with Crippen LogP contribution in [0.1, 0.15) is 0 Å². The summed E-state index contributed by atoms with van der Waals surface area (Å²) in [6, 6.07) is 0. The van der Waals surface area contributed by atoms with E-state index in [1.54, 1.807) is 5.70 Å². The maximum Gasteiger partial charge on any atom is 0.339 e. The van der Waals surface area contributed by atoms with Gasteiger partial charge in [-0.2, -0.15) is 0 Å². The Balaban J connectivity index is 5.21. The molecule has 0 aromatic carbocycles. The van der Waals surface area contributed by atoms with Crippen LogP contribution in [0.5, 0.6) is 0 Å². The molecule has 0 fully saturated rings. The first-order valence-corrected chi connectivity index (χ1v) is 12.3. The lowest BCUT2D eigenvalue weighted by atomic mass is 10.6. The maximum atomic E-state index is 6.03. The minimum Gasteiger partial charge on any atom is -0.385 e. The van der Waals surface area contributed by atoms with Gasteiger partial charge in [-0.25, -0.2) is 0 Å². The predicted molar refractivity (Wildman–Crippen MR) is 94.1 cm³/mol. The highest BCUT2D eigenvalue weighted by molar-refractivity contribution is 7.22. The van der Waals surface area contributed by atoms with Crippen LogP contribution in [0.15, 0.2) is 24.6 Å². The molecular weight excluding hydrogens is 352 g/mol. The van der Waals surface area contributed by atoms with E-state index >= 15 is 0 Å². The average Bonchev–Trinajstić information content (AvgIpc) is 2.64. The molecule has 0 aliphatic heterocycles. The van der Waals surface area contributed by atoms with E-state index in [-0.39, 0.29) is 13.2 Å². The van der Waals surface area contributed by atoms with Gasteiger partial charge >= 0.3 is 20.0 Å². The van der Waals surface area contributed by atoms with E-state index in [4.69, 9.17) is 37.3 Å². The van der Waals surface area contributed by atoms with Gasteiger partial charge in [-0.1, -0.05) is 5.70 Å². The molecule has 0 aliphatic rings. The Labute approximate surface area is 147 Å². The monoisotopic (exact) mass is 382 g/mol. The van der Waals surface area contributed by atoms with Gasteiger partial charge in [0.05, 0.1) is 0 Å². The van der Waals surface area contributed by atoms with Crippen molar-refractivity contribution in [3.05, 3.63) is 24.6 Å². The predicted octanol–water partition coefficient (Wildman–Crippen LogP) is 0.182. The van der Waals surface area contributed by atoms with Crippen LogP contribution >= 0.6 is 0 Å². The van der Waals surface area contributed by atoms with Crippen LogP contribution in [0.2, 0.25) is 0 Å². The zero-order chi connectivity index (χ0) is 18.7. The molecule has 0 bridgehead atoms. The summed E-state index contributed by atoms with van der Waals surface area (Å²) in [7, 11) is 5.05. The molecule has 0 aromatic rings. The lowest BCUT2D eigenvalue weighted by Gasteiger charge is -2.36. The summed E-state index contributed by atoms with van der Waals surface area (Å²) >= 11 is 0. The topological polar surface area (TPSA) is 73.8 Å². The van der Waals surface area contributed by atoms with Gasteiger partial charge in [0.25, 0.3) is 0 Å². The van der Waals surface area contributed by atoms with Crippen molar-refractivity contribution in [1.29, 1.82) is 0 Å². The molecule has 0 aromatic heterocycles. The van der Waals surface area contributed by atoms with Crippen molar-refractivity contribution in [2.75, 3.05) is 55.9 Å². The number of rotatable bonds is 15. The lowest BCUT2D eigenvalue weighted by molar-refractivity contribution is -0.367. The van der Waals surface area contributed by atoms with Gasteiger partial charge in [-0.15, -0.1) is 18.9 Å². The van der Waals surface area contributed by atoms with Crippen LogP contribution in [0.25, 0.3) is 0 Å². The molecule has 0 rings (SSSR count). The highest BCUT2D eigenvalue weighted by Gasteiger charge is 2.42. The lowest BCUT2D eigenvalue weighted by Crippen LogP contribution is -2.55. The van der Waals surface area contributed by atoms with Crippen LogP contribution in [0, 0.1) is 0 Å². The molecule has 0 aliphatic carbocycles. The fraction of sp³-hybridized carbons (Fsp3) is 0.714. The highest BCUT2D eigenvalue weighted by atomic mass is 29.2. The molecule has 0 N–H and O–H groups in total. The van der Waals surface area contributed by atoms with Crippen molar-refractivity contribution >= 4 is 17.1 Å². The van der Waals surface area contributed by atoms with Crippen LogP contribution in [0.4, 0.5) is 0 Å². The Morgan fingerprint density at radius 3 is 1.29 bits per heavy atom. The number of hydrogen-bond acceptors (Lipinski definition) is 8. The zero-order valence-electron chi connectivity index (χ0n) is 15.5. The molecule has 142 valence electrons. The molecule has 8 nitrogen and oxygen atoms in total. The second kappa shape index (κ2) is 11.3. The summed E-state index contributed by atoms with van der Waals surface area (Å²) in [5.74, 6) is -2.64. The zero-order valence-corrected chi connectivity index (χ0v) is 17.9. The number of ether oxygens (including phenoxy) is 6. The second-order valence-corrected chi connectivity index (χ2v) is 12.5. The van der Waals surface area contributed by atoms with Crippen molar-refractivity contribution in [3.8, 4) is 0 Å². The fourth-order valence-electron chi connectivity index (χ4n) is 1.84. The van der Waals surface area contributed by atoms with Crippen molar-refractivity contribution in [2.24, 2.45) is 0 Å². The van der Waals surface area contributed by atoms with Gasteiger partial charge in [0.1, 0.15) is 22.3 Å². The third-order valence-electron chi connectivity index (χ3n) is 3.59. The molecule has 10 heteroatoms. The van der Waals surface area contributed by atoms with Crippen molar-refractivity contribution < 1.29 is 37.3 Å². The molecule has 0 spiro atoms. The van der Waals surface area contributed by atoms with Crippen LogP contribution in [-0.4, -0.2) is 84.9 Å². The van der Waals surface area contributed by atoms with Gasteiger partial charge in [-0.3, -0.25) is 0 Å². The van der Waals surface area contributed by atoms with Crippen LogP contribution < -0.4 is 0 Å². The molecule has 0 heterocycles. The smallest absolute Gasteiger partial charge is 0.339 e. The van der Waals surface area contributed by atoms with Crippen molar-refractivity contribution in [3.63, 3.8) is 0 Å². The molecule has 0 unspecified atom stereocenters. The summed E-state index contributed by atoms with van der Waals surface area (Å²) in [6.45, 7) is 7.69. The fourth-order valence-corrected chi connectivity index (χ4v) is 6.83. The molecule has 0 atom stereocenters. The highest BCUT2D eigenvalue weighted by Crippen LogP contribution is 2.20. The SMILES string of the molecule is C=C[SiH2][Si](C=C)(OCC(OC)(OC)OC)OCC(OC)(OC)OC. The quantitative estimate of drug-likeness (QED) is 0.293. The van der Waals surface area contributed by atoms with Gasteiger partial charge in [-0.05, 0) is 0 Å². The van der Waals surface area contributed by atoms with E-state index < -0.39 is 29.1 Å². The molecule has 0 radical (unpaired) electrons. The van der Waals surface area contributed by atoms with E-state index in [9.17, 15) is 0 Å². The first-order chi connectivity index (χ1) is 11.4. The van der Waals surface area contributed by atoms with Gasteiger partial charge in [0.2, 0.25) is 0 Å². The molecule has 0 amide bonds. The standard InChI is InChI=1S/C14H30O8Si2/c1-9-23-24(10-2,21-11-13(15-3,16-4)17-5)22-12-14(18-6,19-7)20-8/h9-10H,1-2,11-12,23H2,3-8H3. The average molecular weight is 383 g/mol. The second-order valence-electron chi connectivity index (χ2n) is 4.68. The molecular formula is C14H30O8Si2. The number of hydrogen-bond donors (Lipinski definition) is 0. The van der Waals surface area contributed by atoms with Crippen LogP contribution in [-0.2, 0) is 37.3 Å². The van der Waals surface area contributed by atoms with Gasteiger partial charge < -0.3 is 37.3 Å². The Kier molecular flexibility index (Phi) is 11.1. The van der Waals surface area contributed by atoms with Crippen molar-refractivity contribution in [2.45, 2.75) is 11.9 Å². The van der Waals surface area contributed by atoms with Crippen molar-refractivity contribution in [1.82, 2.24) is 0 Å². The summed E-state index contributed by atoms with van der Waals surface area (Å²) in [6.07, 6.45) is 0. The van der Waals surface area contributed by atoms with Gasteiger partial charge in [0, 0.05) is 42.7 Å². The maximum absolute atomic E-state index is 6.03.